The number of hydrogen-bond donors (Lipinski definition) is 0. The molecule has 0 spiro atoms. The van der Waals surface area contributed by atoms with E-state index in [1.54, 1.807) is 0 Å². The van der Waals surface area contributed by atoms with Crippen LogP contribution in [0.5, 0.6) is 11.5 Å². The number of aromatic nitrogens is 2. The van der Waals surface area contributed by atoms with Gasteiger partial charge in [-0.3, -0.25) is 0 Å². The van der Waals surface area contributed by atoms with Crippen LogP contribution in [0.15, 0.2) is 119 Å². The fourth-order valence-corrected chi connectivity index (χ4v) is 9.19. The first kappa shape index (κ1) is 20.4. The summed E-state index contributed by atoms with van der Waals surface area (Å²) in [6.07, 6.45) is 4.55. The minimum absolute atomic E-state index is 0.0630. The highest BCUT2D eigenvalue weighted by atomic mass is 32.2. The third-order valence-corrected chi connectivity index (χ3v) is 10.7. The van der Waals surface area contributed by atoms with Crippen LogP contribution in [0.1, 0.15) is 0 Å². The number of hydrogen-bond acceptors (Lipinski definition) is 2. The van der Waals surface area contributed by atoms with E-state index in [0.717, 1.165) is 11.5 Å². The minimum atomic E-state index is 0.0630. The van der Waals surface area contributed by atoms with Gasteiger partial charge in [0.1, 0.15) is 11.5 Å². The van der Waals surface area contributed by atoms with Gasteiger partial charge in [0.05, 0.1) is 4.90 Å². The Bertz CT molecular complexity index is 2320. The molecule has 0 saturated carbocycles. The third kappa shape index (κ3) is 2.20. The number of benzene rings is 5. The van der Waals surface area contributed by atoms with Crippen LogP contribution in [-0.4, -0.2) is 22.7 Å². The molecule has 0 aliphatic carbocycles. The maximum atomic E-state index is 7.00. The van der Waals surface area contributed by atoms with Crippen molar-refractivity contribution in [1.82, 2.24) is 8.96 Å². The second kappa shape index (κ2) is 6.78. The van der Waals surface area contributed by atoms with E-state index in [2.05, 4.69) is 118 Å². The second-order valence-corrected chi connectivity index (χ2v) is 12.3. The van der Waals surface area contributed by atoms with Gasteiger partial charge in [-0.15, -0.1) is 0 Å². The molecule has 182 valence electrons. The Hall–Kier alpha value is -4.54. The van der Waals surface area contributed by atoms with Crippen molar-refractivity contribution in [1.29, 1.82) is 0 Å². The van der Waals surface area contributed by atoms with E-state index in [0.29, 0.717) is 0 Å². The molecule has 0 N–H and O–H groups in total. The molecule has 0 atom stereocenters. The van der Waals surface area contributed by atoms with Gasteiger partial charge in [0, 0.05) is 32.5 Å². The number of rotatable bonds is 0. The molecule has 6 heterocycles. The highest BCUT2D eigenvalue weighted by Crippen LogP contribution is 2.46. The minimum Gasteiger partial charge on any atom is -0.457 e. The maximum Gasteiger partial charge on any atom is 0.336 e. The average Bonchev–Trinajstić information content (AvgIpc) is 3.63. The van der Waals surface area contributed by atoms with Crippen molar-refractivity contribution in [3.05, 3.63) is 109 Å². The SMILES string of the molecule is c1ccc2c(c1)Sc1c3c(cc4c1B2n1ccc2cccc-4c21)B1c2c(cccc2-c2cccc4ccn1c24)O3. The topological polar surface area (TPSA) is 19.1 Å². The van der Waals surface area contributed by atoms with Crippen LogP contribution in [0, 0.1) is 0 Å². The second-order valence-electron chi connectivity index (χ2n) is 11.3. The Morgan fingerprint density at radius 1 is 0.575 bits per heavy atom. The van der Waals surface area contributed by atoms with Gasteiger partial charge in [-0.25, -0.2) is 0 Å². The summed E-state index contributed by atoms with van der Waals surface area (Å²) >= 11 is 1.87. The van der Waals surface area contributed by atoms with Crippen LogP contribution in [0.4, 0.5) is 0 Å². The molecule has 2 aromatic heterocycles. The fraction of sp³-hybridized carbons (Fsp3) is 0. The van der Waals surface area contributed by atoms with Gasteiger partial charge >= 0.3 is 13.7 Å². The Morgan fingerprint density at radius 2 is 1.25 bits per heavy atom. The molecule has 0 saturated heterocycles. The van der Waals surface area contributed by atoms with Crippen LogP contribution in [0.2, 0.25) is 0 Å². The maximum absolute atomic E-state index is 7.00. The molecule has 4 aliphatic heterocycles. The summed E-state index contributed by atoms with van der Waals surface area (Å²) in [6, 6.07) is 35.9. The monoisotopic (exact) mass is 524 g/mol. The van der Waals surface area contributed by atoms with Crippen LogP contribution in [-0.2, 0) is 0 Å². The zero-order valence-corrected chi connectivity index (χ0v) is 22.1. The summed E-state index contributed by atoms with van der Waals surface area (Å²) in [5.74, 6) is 1.99. The zero-order chi connectivity index (χ0) is 25.7. The summed E-state index contributed by atoms with van der Waals surface area (Å²) in [5.41, 5.74) is 13.1. The van der Waals surface area contributed by atoms with E-state index in [4.69, 9.17) is 4.74 Å². The van der Waals surface area contributed by atoms with E-state index in [1.807, 2.05) is 11.8 Å². The van der Waals surface area contributed by atoms with Crippen LogP contribution in [0.3, 0.4) is 0 Å². The molecule has 3 nitrogen and oxygen atoms in total. The van der Waals surface area contributed by atoms with Crippen molar-refractivity contribution in [3.8, 4) is 33.8 Å². The first-order valence-electron chi connectivity index (χ1n) is 13.8. The van der Waals surface area contributed by atoms with Gasteiger partial charge < -0.3 is 13.7 Å². The van der Waals surface area contributed by atoms with Crippen LogP contribution >= 0.6 is 11.8 Å². The largest absolute Gasteiger partial charge is 0.457 e. The van der Waals surface area contributed by atoms with Gasteiger partial charge in [0.2, 0.25) is 0 Å². The highest BCUT2D eigenvalue weighted by Gasteiger charge is 2.46. The van der Waals surface area contributed by atoms with Crippen molar-refractivity contribution in [2.24, 2.45) is 0 Å². The molecular weight excluding hydrogens is 506 g/mol. The van der Waals surface area contributed by atoms with E-state index in [1.165, 1.54) is 75.7 Å². The van der Waals surface area contributed by atoms with Crippen molar-refractivity contribution in [3.63, 3.8) is 0 Å². The molecule has 0 bridgehead atoms. The van der Waals surface area contributed by atoms with E-state index in [9.17, 15) is 0 Å². The molecular formula is C34H18B2N2OS. The first-order valence-corrected chi connectivity index (χ1v) is 14.6. The Kier molecular flexibility index (Phi) is 3.45. The summed E-state index contributed by atoms with van der Waals surface area (Å²) in [7, 11) is 0. The molecule has 40 heavy (non-hydrogen) atoms. The predicted molar refractivity (Wildman–Crippen MR) is 166 cm³/mol. The molecule has 5 aromatic carbocycles. The average molecular weight is 524 g/mol. The molecule has 4 aliphatic rings. The van der Waals surface area contributed by atoms with Gasteiger partial charge in [-0.2, -0.15) is 0 Å². The molecule has 0 unspecified atom stereocenters. The molecule has 7 aromatic rings. The molecule has 0 fully saturated rings. The third-order valence-electron chi connectivity index (χ3n) is 9.47. The Morgan fingerprint density at radius 3 is 2.05 bits per heavy atom. The number of nitrogens with zero attached hydrogens (tertiary/aromatic N) is 2. The highest BCUT2D eigenvalue weighted by molar-refractivity contribution is 8.00. The summed E-state index contributed by atoms with van der Waals surface area (Å²) in [6.45, 7) is 0.190. The Balaban J connectivity index is 1.31. The first-order chi connectivity index (χ1) is 19.8. The van der Waals surface area contributed by atoms with Gasteiger partial charge in [-0.1, -0.05) is 84.6 Å². The van der Waals surface area contributed by atoms with Crippen molar-refractivity contribution in [2.45, 2.75) is 9.79 Å². The van der Waals surface area contributed by atoms with E-state index in [-0.39, 0.29) is 13.7 Å². The number of para-hydroxylation sites is 2. The fourth-order valence-electron chi connectivity index (χ4n) is 7.94. The molecule has 0 amide bonds. The van der Waals surface area contributed by atoms with Gasteiger partial charge in [0.25, 0.3) is 0 Å². The summed E-state index contributed by atoms with van der Waals surface area (Å²) in [5, 5.41) is 2.58. The zero-order valence-electron chi connectivity index (χ0n) is 21.3. The van der Waals surface area contributed by atoms with Crippen molar-refractivity contribution < 1.29 is 4.74 Å². The lowest BCUT2D eigenvalue weighted by Crippen LogP contribution is -2.58. The predicted octanol–water partition coefficient (Wildman–Crippen LogP) is 5.44. The Labute approximate surface area is 235 Å². The summed E-state index contributed by atoms with van der Waals surface area (Å²) < 4.78 is 12.0. The lowest BCUT2D eigenvalue weighted by molar-refractivity contribution is 0.476. The normalized spacial score (nSPS) is 14.5. The van der Waals surface area contributed by atoms with Crippen LogP contribution in [0.25, 0.3) is 44.1 Å². The number of ether oxygens (including phenoxy) is 1. The smallest absolute Gasteiger partial charge is 0.336 e. The van der Waals surface area contributed by atoms with E-state index < -0.39 is 0 Å². The van der Waals surface area contributed by atoms with Gasteiger partial charge in [0.15, 0.2) is 0 Å². The van der Waals surface area contributed by atoms with Crippen molar-refractivity contribution >= 4 is 69.1 Å². The lowest BCUT2D eigenvalue weighted by Gasteiger charge is -2.38. The van der Waals surface area contributed by atoms with Crippen LogP contribution < -0.4 is 26.6 Å². The summed E-state index contributed by atoms with van der Waals surface area (Å²) in [4.78, 5) is 2.56. The molecule has 11 rings (SSSR count). The van der Waals surface area contributed by atoms with Crippen molar-refractivity contribution in [2.75, 3.05) is 0 Å². The van der Waals surface area contributed by atoms with E-state index >= 15 is 0 Å². The number of fused-ring (bicyclic) bond motifs is 9. The molecule has 6 heteroatoms. The van der Waals surface area contributed by atoms with Gasteiger partial charge in [-0.05, 0) is 74.9 Å². The molecule has 0 radical (unpaired) electrons. The quantitative estimate of drug-likeness (QED) is 0.247. The standard InChI is InChI=1S/C34H18B2N2OS/c1-2-13-28-25(11-1)35-30-24(23-10-4-7-20-14-16-37(35)32(20)23)18-26-33(34(30)40-28)39-27-12-5-8-21-22-9-3-6-19-15-17-38(31(19)22)36(26)29(21)27/h1-18H. The lowest BCUT2D eigenvalue weighted by atomic mass is 9.43.